The molecule has 2 aromatic rings. The fraction of sp³-hybridized carbons (Fsp3) is 0.176. The lowest BCUT2D eigenvalue weighted by Gasteiger charge is -2.13. The number of hydrogen-bond donors (Lipinski definition) is 3. The molecule has 0 bridgehead atoms. The Morgan fingerprint density at radius 3 is 2.36 bits per heavy atom. The second-order valence-electron chi connectivity index (χ2n) is 4.89. The summed E-state index contributed by atoms with van der Waals surface area (Å²) in [7, 11) is 1.55. The van der Waals surface area contributed by atoms with Crippen molar-refractivity contribution in [2.24, 2.45) is 5.73 Å². The number of carbonyl (C=O) groups is 2. The van der Waals surface area contributed by atoms with Gasteiger partial charge in [0, 0.05) is 19.5 Å². The van der Waals surface area contributed by atoms with Gasteiger partial charge in [0.05, 0.1) is 11.3 Å². The normalized spacial score (nSPS) is 11.5. The summed E-state index contributed by atoms with van der Waals surface area (Å²) >= 11 is 0. The minimum Gasteiger partial charge on any atom is -0.355 e. The van der Waals surface area contributed by atoms with Crippen LogP contribution in [0.25, 0.3) is 0 Å². The van der Waals surface area contributed by atoms with E-state index >= 15 is 0 Å². The molecule has 1 atom stereocenters. The average molecular weight is 297 g/mol. The Morgan fingerprint density at radius 2 is 1.68 bits per heavy atom. The van der Waals surface area contributed by atoms with Gasteiger partial charge < -0.3 is 16.4 Å². The SMILES string of the molecule is CNC(=O)c1ccccc1NC(=O)CC(N)c1ccccc1. The van der Waals surface area contributed by atoms with Gasteiger partial charge in [0.1, 0.15) is 0 Å². The maximum Gasteiger partial charge on any atom is 0.253 e. The van der Waals surface area contributed by atoms with E-state index in [0.29, 0.717) is 11.3 Å². The standard InChI is InChI=1S/C17H19N3O2/c1-19-17(22)13-9-5-6-10-15(13)20-16(21)11-14(18)12-7-3-2-4-8-12/h2-10,14H,11,18H2,1H3,(H,19,22)(H,20,21). The predicted molar refractivity (Wildman–Crippen MR) is 86.4 cm³/mol. The summed E-state index contributed by atoms with van der Waals surface area (Å²) in [4.78, 5) is 23.9. The van der Waals surface area contributed by atoms with Crippen LogP contribution in [0.4, 0.5) is 5.69 Å². The van der Waals surface area contributed by atoms with Gasteiger partial charge in [-0.3, -0.25) is 9.59 Å². The second kappa shape index (κ2) is 7.38. The Balaban J connectivity index is 2.05. The van der Waals surface area contributed by atoms with E-state index in [-0.39, 0.29) is 24.3 Å². The number of rotatable bonds is 5. The molecular formula is C17H19N3O2. The molecule has 2 amide bonds. The van der Waals surface area contributed by atoms with Crippen LogP contribution < -0.4 is 16.4 Å². The molecule has 0 aliphatic carbocycles. The van der Waals surface area contributed by atoms with Crippen LogP contribution in [0, 0.1) is 0 Å². The highest BCUT2D eigenvalue weighted by Gasteiger charge is 2.15. The Kier molecular flexibility index (Phi) is 5.27. The molecule has 22 heavy (non-hydrogen) atoms. The van der Waals surface area contributed by atoms with Crippen molar-refractivity contribution in [3.63, 3.8) is 0 Å². The van der Waals surface area contributed by atoms with Crippen molar-refractivity contribution in [2.45, 2.75) is 12.5 Å². The predicted octanol–water partition coefficient (Wildman–Crippen LogP) is 2.07. The number of amides is 2. The van der Waals surface area contributed by atoms with E-state index in [1.807, 2.05) is 30.3 Å². The average Bonchev–Trinajstić information content (AvgIpc) is 2.55. The Labute approximate surface area is 129 Å². The quantitative estimate of drug-likeness (QED) is 0.790. The van der Waals surface area contributed by atoms with E-state index in [1.165, 1.54) is 0 Å². The molecule has 0 aliphatic heterocycles. The first-order valence-electron chi connectivity index (χ1n) is 7.03. The number of nitrogens with two attached hydrogens (primary N) is 1. The van der Waals surface area contributed by atoms with Gasteiger partial charge in [0.25, 0.3) is 5.91 Å². The van der Waals surface area contributed by atoms with E-state index in [4.69, 9.17) is 5.73 Å². The Hall–Kier alpha value is -2.66. The lowest BCUT2D eigenvalue weighted by molar-refractivity contribution is -0.116. The van der Waals surface area contributed by atoms with Crippen LogP contribution in [0.1, 0.15) is 28.4 Å². The molecule has 2 aromatic carbocycles. The van der Waals surface area contributed by atoms with Crippen molar-refractivity contribution < 1.29 is 9.59 Å². The zero-order valence-corrected chi connectivity index (χ0v) is 12.4. The largest absolute Gasteiger partial charge is 0.355 e. The summed E-state index contributed by atoms with van der Waals surface area (Å²) in [5.74, 6) is -0.476. The summed E-state index contributed by atoms with van der Waals surface area (Å²) in [5.41, 5.74) is 7.84. The van der Waals surface area contributed by atoms with Crippen molar-refractivity contribution in [1.82, 2.24) is 5.32 Å². The molecule has 4 N–H and O–H groups in total. The lowest BCUT2D eigenvalue weighted by atomic mass is 10.0. The summed E-state index contributed by atoms with van der Waals surface area (Å²) in [5, 5.41) is 5.29. The van der Waals surface area contributed by atoms with E-state index < -0.39 is 0 Å². The highest BCUT2D eigenvalue weighted by molar-refractivity contribution is 6.03. The van der Waals surface area contributed by atoms with E-state index in [1.54, 1.807) is 31.3 Å². The first-order chi connectivity index (χ1) is 10.6. The minimum absolute atomic E-state index is 0.145. The van der Waals surface area contributed by atoms with Crippen LogP contribution in [0.5, 0.6) is 0 Å². The van der Waals surface area contributed by atoms with Gasteiger partial charge >= 0.3 is 0 Å². The number of carbonyl (C=O) groups excluding carboxylic acids is 2. The van der Waals surface area contributed by atoms with Gasteiger partial charge in [-0.15, -0.1) is 0 Å². The van der Waals surface area contributed by atoms with Crippen molar-refractivity contribution in [3.8, 4) is 0 Å². The molecule has 0 radical (unpaired) electrons. The minimum atomic E-state index is -0.381. The lowest BCUT2D eigenvalue weighted by Crippen LogP contribution is -2.23. The molecule has 0 spiro atoms. The molecule has 5 heteroatoms. The van der Waals surface area contributed by atoms with E-state index in [9.17, 15) is 9.59 Å². The van der Waals surface area contributed by atoms with Crippen molar-refractivity contribution >= 4 is 17.5 Å². The van der Waals surface area contributed by atoms with Crippen LogP contribution in [-0.4, -0.2) is 18.9 Å². The highest BCUT2D eigenvalue weighted by Crippen LogP contribution is 2.18. The Bertz CT molecular complexity index is 656. The van der Waals surface area contributed by atoms with Gasteiger partial charge in [0.2, 0.25) is 5.91 Å². The van der Waals surface area contributed by atoms with Crippen LogP contribution in [0.15, 0.2) is 54.6 Å². The van der Waals surface area contributed by atoms with Crippen LogP contribution in [0.3, 0.4) is 0 Å². The third kappa shape index (κ3) is 3.93. The number of anilines is 1. The smallest absolute Gasteiger partial charge is 0.253 e. The molecular weight excluding hydrogens is 278 g/mol. The summed E-state index contributed by atoms with van der Waals surface area (Å²) < 4.78 is 0. The molecule has 0 aromatic heterocycles. The van der Waals surface area contributed by atoms with Gasteiger partial charge in [0.15, 0.2) is 0 Å². The second-order valence-corrected chi connectivity index (χ2v) is 4.89. The first kappa shape index (κ1) is 15.7. The monoisotopic (exact) mass is 297 g/mol. The van der Waals surface area contributed by atoms with E-state index in [2.05, 4.69) is 10.6 Å². The highest BCUT2D eigenvalue weighted by atomic mass is 16.2. The van der Waals surface area contributed by atoms with Crippen LogP contribution >= 0.6 is 0 Å². The molecule has 114 valence electrons. The molecule has 5 nitrogen and oxygen atoms in total. The first-order valence-corrected chi connectivity index (χ1v) is 7.03. The number of para-hydroxylation sites is 1. The van der Waals surface area contributed by atoms with Crippen molar-refractivity contribution in [1.29, 1.82) is 0 Å². The molecule has 1 unspecified atom stereocenters. The molecule has 0 aliphatic rings. The maximum absolute atomic E-state index is 12.1. The fourth-order valence-corrected chi connectivity index (χ4v) is 2.14. The zero-order valence-electron chi connectivity index (χ0n) is 12.4. The van der Waals surface area contributed by atoms with Gasteiger partial charge in [-0.05, 0) is 17.7 Å². The Morgan fingerprint density at radius 1 is 1.05 bits per heavy atom. The van der Waals surface area contributed by atoms with Crippen molar-refractivity contribution in [3.05, 3.63) is 65.7 Å². The van der Waals surface area contributed by atoms with Crippen LogP contribution in [-0.2, 0) is 4.79 Å². The molecule has 0 fully saturated rings. The van der Waals surface area contributed by atoms with Gasteiger partial charge in [-0.1, -0.05) is 42.5 Å². The van der Waals surface area contributed by atoms with Crippen molar-refractivity contribution in [2.75, 3.05) is 12.4 Å². The van der Waals surface area contributed by atoms with Crippen LogP contribution in [0.2, 0.25) is 0 Å². The topological polar surface area (TPSA) is 84.2 Å². The summed E-state index contributed by atoms with van der Waals surface area (Å²) in [6, 6.07) is 15.9. The molecule has 0 saturated heterocycles. The summed E-state index contributed by atoms with van der Waals surface area (Å²) in [6.07, 6.45) is 0.145. The molecule has 0 heterocycles. The molecule has 2 rings (SSSR count). The third-order valence-electron chi connectivity index (χ3n) is 3.31. The third-order valence-corrected chi connectivity index (χ3v) is 3.31. The van der Waals surface area contributed by atoms with E-state index in [0.717, 1.165) is 5.56 Å². The number of benzene rings is 2. The number of hydrogen-bond acceptors (Lipinski definition) is 3. The zero-order chi connectivity index (χ0) is 15.9. The fourth-order valence-electron chi connectivity index (χ4n) is 2.14. The molecule has 0 saturated carbocycles. The summed E-state index contributed by atoms with van der Waals surface area (Å²) in [6.45, 7) is 0. The van der Waals surface area contributed by atoms with Gasteiger partial charge in [-0.2, -0.15) is 0 Å². The number of nitrogens with one attached hydrogen (secondary N) is 2. The van der Waals surface area contributed by atoms with Gasteiger partial charge in [-0.25, -0.2) is 0 Å². The maximum atomic E-state index is 12.1.